The fourth-order valence-electron chi connectivity index (χ4n) is 3.97. The van der Waals surface area contributed by atoms with E-state index in [-0.39, 0.29) is 13.0 Å². The third kappa shape index (κ3) is 4.28. The predicted octanol–water partition coefficient (Wildman–Crippen LogP) is 1.95. The summed E-state index contributed by atoms with van der Waals surface area (Å²) in [4.78, 5) is 25.1. The van der Waals surface area contributed by atoms with Crippen LogP contribution in [0.4, 0.5) is 4.39 Å². The molecule has 1 amide bonds. The Morgan fingerprint density at radius 3 is 2.78 bits per heavy atom. The first-order valence-corrected chi connectivity index (χ1v) is 10.3. The van der Waals surface area contributed by atoms with Crippen LogP contribution in [0.15, 0.2) is 45.6 Å². The molecule has 4 rings (SSSR count). The number of nitrogens with zero attached hydrogens (tertiary/aromatic N) is 3. The Bertz CT molecular complexity index is 1260. The van der Waals surface area contributed by atoms with Gasteiger partial charge in [0.15, 0.2) is 5.58 Å². The van der Waals surface area contributed by atoms with Crippen LogP contribution in [-0.2, 0) is 23.0 Å². The smallest absolute Gasteiger partial charge is 0.408 e. The third-order valence-corrected chi connectivity index (χ3v) is 5.81. The van der Waals surface area contributed by atoms with Crippen molar-refractivity contribution in [2.75, 3.05) is 19.7 Å². The van der Waals surface area contributed by atoms with E-state index >= 15 is 0 Å². The van der Waals surface area contributed by atoms with Crippen molar-refractivity contribution >= 4 is 17.0 Å². The average molecular weight is 438 g/mol. The Labute approximate surface area is 183 Å². The maximum Gasteiger partial charge on any atom is 0.419 e. The summed E-state index contributed by atoms with van der Waals surface area (Å²) in [5.74, 6) is -1.46. The lowest BCUT2D eigenvalue weighted by atomic mass is 9.99. The Kier molecular flexibility index (Phi) is 6.08. The van der Waals surface area contributed by atoms with Crippen molar-refractivity contribution in [2.24, 2.45) is 12.8 Å². The summed E-state index contributed by atoms with van der Waals surface area (Å²) in [6.45, 7) is 1.15. The summed E-state index contributed by atoms with van der Waals surface area (Å²) in [5, 5.41) is 9.70. The molecule has 32 heavy (non-hydrogen) atoms. The zero-order valence-corrected chi connectivity index (χ0v) is 17.6. The minimum atomic E-state index is -0.783. The number of aromatic nitrogens is 1. The number of aryl methyl sites for hydroxylation is 1. The number of fused-ring (bicyclic) bond motifs is 1. The van der Waals surface area contributed by atoms with E-state index in [1.165, 1.54) is 10.6 Å². The van der Waals surface area contributed by atoms with Crippen molar-refractivity contribution < 1.29 is 18.3 Å². The molecule has 9 heteroatoms. The summed E-state index contributed by atoms with van der Waals surface area (Å²) in [6.07, 6.45) is 0.0421. The number of rotatable bonds is 5. The highest BCUT2D eigenvalue weighted by atomic mass is 19.1. The van der Waals surface area contributed by atoms with Crippen LogP contribution >= 0.6 is 0 Å². The highest BCUT2D eigenvalue weighted by molar-refractivity contribution is 5.80. The predicted molar refractivity (Wildman–Crippen MR) is 115 cm³/mol. The fraction of sp³-hybridized carbons (Fsp3) is 0.348. The number of ether oxygens (including phenoxy) is 1. The molecule has 0 unspecified atom stereocenters. The molecule has 1 fully saturated rings. The van der Waals surface area contributed by atoms with Crippen molar-refractivity contribution in [3.05, 3.63) is 58.3 Å². The van der Waals surface area contributed by atoms with Gasteiger partial charge in [0.2, 0.25) is 5.91 Å². The summed E-state index contributed by atoms with van der Waals surface area (Å²) in [5.41, 5.74) is 8.25. The summed E-state index contributed by atoms with van der Waals surface area (Å²) in [6, 6.07) is 11.7. The fourth-order valence-corrected chi connectivity index (χ4v) is 3.97. The molecule has 1 aliphatic heterocycles. The summed E-state index contributed by atoms with van der Waals surface area (Å²) in [7, 11) is 1.61. The molecule has 2 heterocycles. The molecule has 1 saturated heterocycles. The van der Waals surface area contributed by atoms with Crippen LogP contribution in [0.1, 0.15) is 12.0 Å². The molecule has 1 aromatic heterocycles. The maximum atomic E-state index is 15.0. The second kappa shape index (κ2) is 8.94. The highest BCUT2D eigenvalue weighted by Crippen LogP contribution is 2.26. The first-order chi connectivity index (χ1) is 15.4. The minimum absolute atomic E-state index is 0.170. The highest BCUT2D eigenvalue weighted by Gasteiger charge is 2.28. The van der Waals surface area contributed by atoms with Crippen LogP contribution in [-0.4, -0.2) is 47.2 Å². The molecule has 2 aromatic carbocycles. The first-order valence-electron chi connectivity index (χ1n) is 10.3. The monoisotopic (exact) mass is 438 g/mol. The van der Waals surface area contributed by atoms with Crippen molar-refractivity contribution in [1.82, 2.24) is 9.47 Å². The Balaban J connectivity index is 1.56. The quantitative estimate of drug-likeness (QED) is 0.651. The van der Waals surface area contributed by atoms with E-state index in [2.05, 4.69) is 6.07 Å². The number of hydrogen-bond donors (Lipinski definition) is 1. The molecule has 3 aromatic rings. The largest absolute Gasteiger partial charge is 0.419 e. The van der Waals surface area contributed by atoms with Gasteiger partial charge in [0, 0.05) is 33.2 Å². The number of oxazole rings is 1. The van der Waals surface area contributed by atoms with Crippen LogP contribution in [0, 0.1) is 17.1 Å². The van der Waals surface area contributed by atoms with E-state index in [0.29, 0.717) is 41.8 Å². The Morgan fingerprint density at radius 1 is 1.31 bits per heavy atom. The number of amides is 1. The standard InChI is InChI=1S/C23H23FN4O4/c1-27-19-11-15(5-6-20(19)32-23(27)30)14-3-4-16(18(24)10-14)9-17(12-25)28-7-2-8-31-21(13-28)22(26)29/h3-6,10-11,17,21H,2,7-9,13H2,1H3,(H2,26,29)/t17-,21-/m0/s1. The van der Waals surface area contributed by atoms with Gasteiger partial charge in [-0.3, -0.25) is 14.3 Å². The molecule has 0 radical (unpaired) electrons. The number of benzene rings is 2. The van der Waals surface area contributed by atoms with Crippen LogP contribution in [0.5, 0.6) is 0 Å². The van der Waals surface area contributed by atoms with Crippen molar-refractivity contribution in [1.29, 1.82) is 5.26 Å². The zero-order valence-electron chi connectivity index (χ0n) is 17.6. The molecule has 2 atom stereocenters. The SMILES string of the molecule is Cn1c(=O)oc2ccc(-c3ccc(C[C@@H](C#N)N4CCCO[C@H](C(N)=O)C4)c(F)c3)cc21. The van der Waals surface area contributed by atoms with Gasteiger partial charge in [-0.15, -0.1) is 0 Å². The molecular weight excluding hydrogens is 415 g/mol. The molecule has 8 nitrogen and oxygen atoms in total. The third-order valence-electron chi connectivity index (χ3n) is 5.81. The van der Waals surface area contributed by atoms with Crippen molar-refractivity contribution in [3.8, 4) is 17.2 Å². The Morgan fingerprint density at radius 2 is 2.06 bits per heavy atom. The van der Waals surface area contributed by atoms with Gasteiger partial charge in [0.25, 0.3) is 0 Å². The topological polar surface area (TPSA) is 114 Å². The van der Waals surface area contributed by atoms with E-state index in [1.54, 1.807) is 37.4 Å². The van der Waals surface area contributed by atoms with Gasteiger partial charge in [0.05, 0.1) is 11.6 Å². The molecule has 0 spiro atoms. The maximum absolute atomic E-state index is 15.0. The number of hydrogen-bond acceptors (Lipinski definition) is 6. The molecule has 1 aliphatic rings. The average Bonchev–Trinajstić information content (AvgIpc) is 2.95. The van der Waals surface area contributed by atoms with Gasteiger partial charge in [-0.1, -0.05) is 18.2 Å². The Hall–Kier alpha value is -3.48. The molecule has 0 bridgehead atoms. The minimum Gasteiger partial charge on any atom is -0.408 e. The summed E-state index contributed by atoms with van der Waals surface area (Å²) >= 11 is 0. The van der Waals surface area contributed by atoms with Gasteiger partial charge < -0.3 is 14.9 Å². The van der Waals surface area contributed by atoms with E-state index in [1.807, 2.05) is 4.90 Å². The van der Waals surface area contributed by atoms with Crippen LogP contribution in [0.2, 0.25) is 0 Å². The van der Waals surface area contributed by atoms with Gasteiger partial charge >= 0.3 is 5.76 Å². The van der Waals surface area contributed by atoms with Gasteiger partial charge in [0.1, 0.15) is 18.0 Å². The molecular formula is C23H23FN4O4. The van der Waals surface area contributed by atoms with Crippen LogP contribution in [0.25, 0.3) is 22.2 Å². The van der Waals surface area contributed by atoms with E-state index in [0.717, 1.165) is 5.56 Å². The van der Waals surface area contributed by atoms with E-state index in [4.69, 9.17) is 14.9 Å². The zero-order chi connectivity index (χ0) is 22.8. The van der Waals surface area contributed by atoms with E-state index < -0.39 is 29.6 Å². The lowest BCUT2D eigenvalue weighted by molar-refractivity contribution is -0.129. The first kappa shape index (κ1) is 21.7. The van der Waals surface area contributed by atoms with Crippen LogP contribution in [0.3, 0.4) is 0 Å². The van der Waals surface area contributed by atoms with E-state index in [9.17, 15) is 19.2 Å². The van der Waals surface area contributed by atoms with Gasteiger partial charge in [-0.2, -0.15) is 5.26 Å². The molecule has 0 saturated carbocycles. The lowest BCUT2D eigenvalue weighted by Crippen LogP contribution is -2.45. The van der Waals surface area contributed by atoms with Crippen LogP contribution < -0.4 is 11.5 Å². The normalized spacial score (nSPS) is 18.2. The second-order valence-electron chi connectivity index (χ2n) is 7.87. The molecule has 166 valence electrons. The molecule has 2 N–H and O–H groups in total. The number of primary amides is 1. The molecule has 0 aliphatic carbocycles. The number of halogens is 1. The van der Waals surface area contributed by atoms with Crippen molar-refractivity contribution in [2.45, 2.75) is 25.0 Å². The number of nitriles is 1. The van der Waals surface area contributed by atoms with Crippen molar-refractivity contribution in [3.63, 3.8) is 0 Å². The number of carbonyl (C=O) groups is 1. The van der Waals surface area contributed by atoms with Gasteiger partial charge in [-0.25, -0.2) is 9.18 Å². The number of nitrogens with two attached hydrogens (primary N) is 1. The van der Waals surface area contributed by atoms with Gasteiger partial charge in [-0.05, 0) is 41.3 Å². The summed E-state index contributed by atoms with van der Waals surface area (Å²) < 4.78 is 27.0. The number of carbonyl (C=O) groups excluding carboxylic acids is 1. The second-order valence-corrected chi connectivity index (χ2v) is 7.87. The lowest BCUT2D eigenvalue weighted by Gasteiger charge is -2.27.